The lowest BCUT2D eigenvalue weighted by Crippen LogP contribution is -2.05. The van der Waals surface area contributed by atoms with Crippen LogP contribution in [-0.4, -0.2) is 12.6 Å². The van der Waals surface area contributed by atoms with Gasteiger partial charge in [0.05, 0.1) is 6.61 Å². The van der Waals surface area contributed by atoms with Crippen molar-refractivity contribution in [1.82, 2.24) is 0 Å². The van der Waals surface area contributed by atoms with Gasteiger partial charge in [-0.1, -0.05) is 162 Å². The average molecular weight is 453 g/mol. The smallest absolute Gasteiger partial charge is 0.305 e. The van der Waals surface area contributed by atoms with E-state index in [0.717, 1.165) is 12.8 Å². The van der Waals surface area contributed by atoms with Crippen molar-refractivity contribution in [3.8, 4) is 0 Å². The Morgan fingerprint density at radius 1 is 0.406 bits per heavy atom. The van der Waals surface area contributed by atoms with Gasteiger partial charge in [-0.3, -0.25) is 4.79 Å². The van der Waals surface area contributed by atoms with E-state index in [-0.39, 0.29) is 5.97 Å². The molecule has 0 aromatic carbocycles. The van der Waals surface area contributed by atoms with Crippen molar-refractivity contribution in [2.45, 2.75) is 181 Å². The molecule has 0 aliphatic carbocycles. The van der Waals surface area contributed by atoms with E-state index in [2.05, 4.69) is 13.8 Å². The van der Waals surface area contributed by atoms with Gasteiger partial charge in [0, 0.05) is 6.42 Å². The first-order chi connectivity index (χ1) is 15.8. The van der Waals surface area contributed by atoms with Crippen molar-refractivity contribution in [2.75, 3.05) is 6.61 Å². The zero-order chi connectivity index (χ0) is 23.4. The number of hydrogen-bond acceptors (Lipinski definition) is 2. The number of carbonyl (C=O) groups excluding carboxylic acids is 1. The first kappa shape index (κ1) is 31.5. The molecule has 0 heterocycles. The van der Waals surface area contributed by atoms with E-state index in [1.54, 1.807) is 0 Å². The van der Waals surface area contributed by atoms with E-state index < -0.39 is 0 Å². The van der Waals surface area contributed by atoms with E-state index in [4.69, 9.17) is 4.74 Å². The highest BCUT2D eigenvalue weighted by atomic mass is 16.5. The third kappa shape index (κ3) is 27.5. The highest BCUT2D eigenvalue weighted by Crippen LogP contribution is 2.14. The second-order valence-corrected chi connectivity index (χ2v) is 10.1. The molecule has 0 rings (SSSR count). The van der Waals surface area contributed by atoms with Gasteiger partial charge in [-0.2, -0.15) is 0 Å². The van der Waals surface area contributed by atoms with Crippen LogP contribution in [0, 0.1) is 0 Å². The van der Waals surface area contributed by atoms with E-state index in [1.165, 1.54) is 148 Å². The molecular weight excluding hydrogens is 392 g/mol. The second kappa shape index (κ2) is 28.5. The van der Waals surface area contributed by atoms with Gasteiger partial charge in [0.25, 0.3) is 0 Å². The van der Waals surface area contributed by atoms with Crippen molar-refractivity contribution in [1.29, 1.82) is 0 Å². The Morgan fingerprint density at radius 2 is 0.688 bits per heavy atom. The molecule has 0 unspecified atom stereocenters. The maximum Gasteiger partial charge on any atom is 0.305 e. The van der Waals surface area contributed by atoms with Gasteiger partial charge in [-0.25, -0.2) is 0 Å². The molecule has 0 radical (unpaired) electrons. The number of rotatable bonds is 27. The van der Waals surface area contributed by atoms with Crippen LogP contribution in [0.3, 0.4) is 0 Å². The summed E-state index contributed by atoms with van der Waals surface area (Å²) in [6.07, 6.45) is 34.2. The first-order valence-electron chi connectivity index (χ1n) is 15.0. The van der Waals surface area contributed by atoms with Crippen LogP contribution in [0.4, 0.5) is 0 Å². The van der Waals surface area contributed by atoms with Gasteiger partial charge in [0.1, 0.15) is 0 Å². The predicted molar refractivity (Wildman–Crippen MR) is 142 cm³/mol. The molecular formula is C30H60O2. The van der Waals surface area contributed by atoms with Crippen LogP contribution in [0.5, 0.6) is 0 Å². The Labute approximate surface area is 203 Å². The monoisotopic (exact) mass is 452 g/mol. The van der Waals surface area contributed by atoms with Crippen molar-refractivity contribution >= 4 is 5.97 Å². The van der Waals surface area contributed by atoms with Gasteiger partial charge in [0.15, 0.2) is 0 Å². The minimum absolute atomic E-state index is 0.0241. The molecule has 0 N–H and O–H groups in total. The maximum absolute atomic E-state index is 11.8. The first-order valence-corrected chi connectivity index (χ1v) is 15.0. The summed E-state index contributed by atoms with van der Waals surface area (Å²) >= 11 is 0. The number of carbonyl (C=O) groups is 1. The highest BCUT2D eigenvalue weighted by molar-refractivity contribution is 5.69. The lowest BCUT2D eigenvalue weighted by atomic mass is 10.0. The molecule has 0 aliphatic heterocycles. The van der Waals surface area contributed by atoms with E-state index >= 15 is 0 Å². The zero-order valence-corrected chi connectivity index (χ0v) is 22.4. The third-order valence-corrected chi connectivity index (χ3v) is 6.75. The second-order valence-electron chi connectivity index (χ2n) is 10.1. The average Bonchev–Trinajstić information content (AvgIpc) is 2.80. The summed E-state index contributed by atoms with van der Waals surface area (Å²) in [6, 6.07) is 0. The van der Waals surface area contributed by atoms with Crippen molar-refractivity contribution < 1.29 is 9.53 Å². The van der Waals surface area contributed by atoms with Crippen molar-refractivity contribution in [3.63, 3.8) is 0 Å². The summed E-state index contributed by atoms with van der Waals surface area (Å²) in [6.45, 7) is 5.19. The molecule has 0 aromatic heterocycles. The van der Waals surface area contributed by atoms with Gasteiger partial charge >= 0.3 is 5.97 Å². The molecule has 2 heteroatoms. The lowest BCUT2D eigenvalue weighted by Gasteiger charge is -2.06. The van der Waals surface area contributed by atoms with Crippen molar-refractivity contribution in [2.24, 2.45) is 0 Å². The summed E-state index contributed by atoms with van der Waals surface area (Å²) < 4.78 is 5.40. The summed E-state index contributed by atoms with van der Waals surface area (Å²) in [5, 5.41) is 0. The van der Waals surface area contributed by atoms with Crippen LogP contribution in [0.25, 0.3) is 0 Å². The standard InChI is InChI=1S/C30H60O2/c1-3-5-7-9-11-13-15-17-19-21-23-25-27-29-32-30(31)28-26-24-22-20-18-16-14-12-10-8-6-4-2/h3-29H2,1-2H3. The maximum atomic E-state index is 11.8. The molecule has 2 nitrogen and oxygen atoms in total. The molecule has 0 aromatic rings. The van der Waals surface area contributed by atoms with Crippen LogP contribution in [0.2, 0.25) is 0 Å². The summed E-state index contributed by atoms with van der Waals surface area (Å²) in [4.78, 5) is 11.8. The Kier molecular flexibility index (Phi) is 28.0. The fourth-order valence-corrected chi connectivity index (χ4v) is 4.49. The Bertz CT molecular complexity index is 353. The fraction of sp³-hybridized carbons (Fsp3) is 0.967. The number of ether oxygens (including phenoxy) is 1. The normalized spacial score (nSPS) is 11.2. The number of esters is 1. The highest BCUT2D eigenvalue weighted by Gasteiger charge is 2.02. The summed E-state index contributed by atoms with van der Waals surface area (Å²) in [7, 11) is 0. The van der Waals surface area contributed by atoms with Crippen LogP contribution >= 0.6 is 0 Å². The SMILES string of the molecule is CCCCCCCCCCCCCCCOC(=O)CCCCCCCCCCCCCC. The third-order valence-electron chi connectivity index (χ3n) is 6.75. The van der Waals surface area contributed by atoms with Crippen LogP contribution in [0.15, 0.2) is 0 Å². The molecule has 0 bridgehead atoms. The summed E-state index contributed by atoms with van der Waals surface area (Å²) in [5.41, 5.74) is 0. The molecule has 0 amide bonds. The van der Waals surface area contributed by atoms with Gasteiger partial charge in [-0.15, -0.1) is 0 Å². The number of unbranched alkanes of at least 4 members (excludes halogenated alkanes) is 23. The predicted octanol–water partition coefficient (Wildman–Crippen LogP) is 10.7. The molecule has 0 fully saturated rings. The van der Waals surface area contributed by atoms with E-state index in [1.807, 2.05) is 0 Å². The Hall–Kier alpha value is -0.530. The molecule has 32 heavy (non-hydrogen) atoms. The minimum atomic E-state index is 0.0241. The van der Waals surface area contributed by atoms with Crippen LogP contribution in [-0.2, 0) is 9.53 Å². The lowest BCUT2D eigenvalue weighted by molar-refractivity contribution is -0.143. The Balaban J connectivity index is 3.14. The molecule has 0 saturated carbocycles. The fourth-order valence-electron chi connectivity index (χ4n) is 4.49. The van der Waals surface area contributed by atoms with Crippen LogP contribution < -0.4 is 0 Å². The molecule has 0 saturated heterocycles. The minimum Gasteiger partial charge on any atom is -0.466 e. The number of hydrogen-bond donors (Lipinski definition) is 0. The van der Waals surface area contributed by atoms with Crippen LogP contribution in [0.1, 0.15) is 181 Å². The van der Waals surface area contributed by atoms with E-state index in [9.17, 15) is 4.79 Å². The molecule has 192 valence electrons. The molecule has 0 spiro atoms. The summed E-state index contributed by atoms with van der Waals surface area (Å²) in [5.74, 6) is 0.0241. The topological polar surface area (TPSA) is 26.3 Å². The van der Waals surface area contributed by atoms with Gasteiger partial charge in [-0.05, 0) is 12.8 Å². The Morgan fingerprint density at radius 3 is 1.03 bits per heavy atom. The van der Waals surface area contributed by atoms with E-state index in [0.29, 0.717) is 13.0 Å². The van der Waals surface area contributed by atoms with Gasteiger partial charge in [0.2, 0.25) is 0 Å². The van der Waals surface area contributed by atoms with Gasteiger partial charge < -0.3 is 4.74 Å². The quantitative estimate of drug-likeness (QED) is 0.0914. The van der Waals surface area contributed by atoms with Crippen molar-refractivity contribution in [3.05, 3.63) is 0 Å². The molecule has 0 aliphatic rings. The largest absolute Gasteiger partial charge is 0.466 e. The molecule has 0 atom stereocenters. The zero-order valence-electron chi connectivity index (χ0n) is 22.4.